The van der Waals surface area contributed by atoms with Crippen LogP contribution in [0, 0.1) is 5.92 Å². The predicted molar refractivity (Wildman–Crippen MR) is 63.1 cm³/mol. The van der Waals surface area contributed by atoms with Crippen LogP contribution in [-0.4, -0.2) is 37.5 Å². The van der Waals surface area contributed by atoms with E-state index in [0.717, 1.165) is 0 Å². The number of nitrogens with one attached hydrogen (secondary N) is 1. The summed E-state index contributed by atoms with van der Waals surface area (Å²) in [6.45, 7) is 3.43. The van der Waals surface area contributed by atoms with Gasteiger partial charge in [0.05, 0.1) is 5.75 Å². The highest BCUT2D eigenvalue weighted by molar-refractivity contribution is 7.89. The SMILES string of the molecule is CC(C)CC(NS(=O)(=O)CCCC(F)(F)F)C(=O)O. The molecule has 1 atom stereocenters. The Morgan fingerprint density at radius 1 is 1.32 bits per heavy atom. The maximum Gasteiger partial charge on any atom is 0.389 e. The van der Waals surface area contributed by atoms with E-state index in [0.29, 0.717) is 0 Å². The van der Waals surface area contributed by atoms with Crippen molar-refractivity contribution in [3.63, 3.8) is 0 Å². The first kappa shape index (κ1) is 18.2. The standard InChI is InChI=1S/C10H18F3NO4S/c1-7(2)6-8(9(15)16)14-19(17,18)5-3-4-10(11,12)13/h7-8,14H,3-6H2,1-2H3,(H,15,16). The molecule has 0 aliphatic carbocycles. The fraction of sp³-hybridized carbons (Fsp3) is 0.900. The molecule has 0 aromatic heterocycles. The molecule has 114 valence electrons. The van der Waals surface area contributed by atoms with Crippen molar-refractivity contribution in [1.29, 1.82) is 0 Å². The van der Waals surface area contributed by atoms with E-state index >= 15 is 0 Å². The quantitative estimate of drug-likeness (QED) is 0.715. The summed E-state index contributed by atoms with van der Waals surface area (Å²) in [5, 5.41) is 8.83. The van der Waals surface area contributed by atoms with E-state index in [1.165, 1.54) is 0 Å². The van der Waals surface area contributed by atoms with Crippen LogP contribution in [-0.2, 0) is 14.8 Å². The highest BCUT2D eigenvalue weighted by Crippen LogP contribution is 2.21. The van der Waals surface area contributed by atoms with Crippen LogP contribution >= 0.6 is 0 Å². The molecule has 0 rings (SSSR count). The topological polar surface area (TPSA) is 83.5 Å². The van der Waals surface area contributed by atoms with Gasteiger partial charge in [-0.3, -0.25) is 4.79 Å². The molecule has 0 bridgehead atoms. The zero-order chi connectivity index (χ0) is 15.3. The fourth-order valence-corrected chi connectivity index (χ4v) is 2.68. The smallest absolute Gasteiger partial charge is 0.389 e. The van der Waals surface area contributed by atoms with E-state index in [1.54, 1.807) is 13.8 Å². The maximum atomic E-state index is 11.9. The number of sulfonamides is 1. The van der Waals surface area contributed by atoms with E-state index in [-0.39, 0.29) is 12.3 Å². The van der Waals surface area contributed by atoms with Crippen LogP contribution in [0.1, 0.15) is 33.1 Å². The second-order valence-electron chi connectivity index (χ2n) is 4.68. The summed E-state index contributed by atoms with van der Waals surface area (Å²) in [5.41, 5.74) is 0. The summed E-state index contributed by atoms with van der Waals surface area (Å²) >= 11 is 0. The lowest BCUT2D eigenvalue weighted by atomic mass is 10.1. The van der Waals surface area contributed by atoms with Gasteiger partial charge in [0, 0.05) is 6.42 Å². The van der Waals surface area contributed by atoms with E-state index in [2.05, 4.69) is 0 Å². The van der Waals surface area contributed by atoms with E-state index < -0.39 is 46.8 Å². The molecular weight excluding hydrogens is 287 g/mol. The van der Waals surface area contributed by atoms with Crippen molar-refractivity contribution >= 4 is 16.0 Å². The normalized spacial score (nSPS) is 14.6. The van der Waals surface area contributed by atoms with E-state index in [9.17, 15) is 26.4 Å². The van der Waals surface area contributed by atoms with Crippen molar-refractivity contribution < 1.29 is 31.5 Å². The number of alkyl halides is 3. The van der Waals surface area contributed by atoms with E-state index in [4.69, 9.17) is 5.11 Å². The number of halogens is 3. The number of rotatable bonds is 8. The van der Waals surface area contributed by atoms with Gasteiger partial charge in [-0.1, -0.05) is 13.8 Å². The average molecular weight is 305 g/mol. The van der Waals surface area contributed by atoms with Crippen molar-refractivity contribution in [2.75, 3.05) is 5.75 Å². The van der Waals surface area contributed by atoms with Crippen molar-refractivity contribution in [2.24, 2.45) is 5.92 Å². The minimum atomic E-state index is -4.42. The fourth-order valence-electron chi connectivity index (χ4n) is 1.41. The van der Waals surface area contributed by atoms with Crippen LogP contribution in [0.25, 0.3) is 0 Å². The highest BCUT2D eigenvalue weighted by atomic mass is 32.2. The van der Waals surface area contributed by atoms with E-state index in [1.807, 2.05) is 4.72 Å². The Kier molecular flexibility index (Phi) is 6.78. The van der Waals surface area contributed by atoms with Gasteiger partial charge in [-0.2, -0.15) is 13.2 Å². The van der Waals surface area contributed by atoms with Gasteiger partial charge in [0.2, 0.25) is 10.0 Å². The van der Waals surface area contributed by atoms with Gasteiger partial charge < -0.3 is 5.11 Å². The van der Waals surface area contributed by atoms with Crippen molar-refractivity contribution in [3.05, 3.63) is 0 Å². The lowest BCUT2D eigenvalue weighted by Crippen LogP contribution is -2.42. The molecule has 0 spiro atoms. The lowest BCUT2D eigenvalue weighted by molar-refractivity contribution is -0.139. The number of hydrogen-bond acceptors (Lipinski definition) is 3. The molecule has 0 aliphatic heterocycles. The van der Waals surface area contributed by atoms with Gasteiger partial charge in [-0.25, -0.2) is 13.1 Å². The van der Waals surface area contributed by atoms with Crippen LogP contribution < -0.4 is 4.72 Å². The Morgan fingerprint density at radius 2 is 1.84 bits per heavy atom. The summed E-state index contributed by atoms with van der Waals surface area (Å²) in [6, 6.07) is -1.31. The molecule has 0 fully saturated rings. The summed E-state index contributed by atoms with van der Waals surface area (Å²) in [7, 11) is -4.02. The molecule has 0 amide bonds. The lowest BCUT2D eigenvalue weighted by Gasteiger charge is -2.16. The Bertz CT molecular complexity index is 392. The summed E-state index contributed by atoms with van der Waals surface area (Å²) in [4.78, 5) is 10.8. The van der Waals surface area contributed by atoms with Crippen LogP contribution in [0.4, 0.5) is 13.2 Å². The van der Waals surface area contributed by atoms with Crippen LogP contribution in [0.5, 0.6) is 0 Å². The minimum absolute atomic E-state index is 0.0565. The zero-order valence-electron chi connectivity index (χ0n) is 10.7. The molecule has 0 aromatic rings. The number of carboxylic acids is 1. The monoisotopic (exact) mass is 305 g/mol. The molecule has 0 radical (unpaired) electrons. The molecule has 0 aliphatic rings. The highest BCUT2D eigenvalue weighted by Gasteiger charge is 2.29. The number of carbonyl (C=O) groups is 1. The van der Waals surface area contributed by atoms with Gasteiger partial charge in [0.25, 0.3) is 0 Å². The molecular formula is C10H18F3NO4S. The average Bonchev–Trinajstić information content (AvgIpc) is 2.12. The third-order valence-corrected chi connectivity index (χ3v) is 3.67. The molecule has 9 heteroatoms. The molecule has 0 aromatic carbocycles. The molecule has 2 N–H and O–H groups in total. The third kappa shape index (κ3) is 9.71. The number of aliphatic carboxylic acids is 1. The molecule has 0 saturated carbocycles. The summed E-state index contributed by atoms with van der Waals surface area (Å²) < 4.78 is 60.5. The first-order valence-corrected chi connectivity index (χ1v) is 7.38. The van der Waals surface area contributed by atoms with Gasteiger partial charge in [0.15, 0.2) is 0 Å². The maximum absolute atomic E-state index is 11.9. The molecule has 5 nitrogen and oxygen atoms in total. The molecule has 1 unspecified atom stereocenters. The molecule has 19 heavy (non-hydrogen) atoms. The van der Waals surface area contributed by atoms with Gasteiger partial charge in [-0.15, -0.1) is 0 Å². The van der Waals surface area contributed by atoms with Gasteiger partial charge >= 0.3 is 12.1 Å². The Labute approximate surface area is 110 Å². The Morgan fingerprint density at radius 3 is 2.21 bits per heavy atom. The molecule has 0 heterocycles. The van der Waals surface area contributed by atoms with Crippen LogP contribution in [0.15, 0.2) is 0 Å². The van der Waals surface area contributed by atoms with Crippen molar-refractivity contribution in [3.8, 4) is 0 Å². The van der Waals surface area contributed by atoms with Crippen molar-refractivity contribution in [1.82, 2.24) is 4.72 Å². The molecule has 0 saturated heterocycles. The number of carboxylic acid groups (broad SMARTS) is 1. The second-order valence-corrected chi connectivity index (χ2v) is 6.55. The second kappa shape index (κ2) is 7.09. The first-order chi connectivity index (χ1) is 8.43. The number of hydrogen-bond donors (Lipinski definition) is 2. The predicted octanol–water partition coefficient (Wildman–Crippen LogP) is 1.75. The minimum Gasteiger partial charge on any atom is -0.480 e. The first-order valence-electron chi connectivity index (χ1n) is 5.72. The van der Waals surface area contributed by atoms with Crippen LogP contribution in [0.3, 0.4) is 0 Å². The zero-order valence-corrected chi connectivity index (χ0v) is 11.5. The van der Waals surface area contributed by atoms with Gasteiger partial charge in [0.1, 0.15) is 6.04 Å². The summed E-state index contributed by atoms with van der Waals surface area (Å²) in [5.74, 6) is -2.14. The largest absolute Gasteiger partial charge is 0.480 e. The summed E-state index contributed by atoms with van der Waals surface area (Å²) in [6.07, 6.45) is -6.14. The van der Waals surface area contributed by atoms with Crippen LogP contribution in [0.2, 0.25) is 0 Å². The van der Waals surface area contributed by atoms with Crippen molar-refractivity contribution in [2.45, 2.75) is 45.3 Å². The Balaban J connectivity index is 4.44. The Hall–Kier alpha value is -0.830. The third-order valence-electron chi connectivity index (χ3n) is 2.20. The van der Waals surface area contributed by atoms with Gasteiger partial charge in [-0.05, 0) is 18.8 Å².